The molecule has 4 saturated carbocycles. The molecule has 5 fully saturated rings. The summed E-state index contributed by atoms with van der Waals surface area (Å²) < 4.78 is 2.21. The summed E-state index contributed by atoms with van der Waals surface area (Å²) in [7, 11) is 0. The van der Waals surface area contributed by atoms with Crippen molar-refractivity contribution in [2.24, 2.45) is 17.8 Å². The number of nitrogens with zero attached hydrogens (tertiary/aromatic N) is 2. The number of benzene rings is 2. The van der Waals surface area contributed by atoms with Crippen LogP contribution in [0, 0.1) is 38.5 Å². The van der Waals surface area contributed by atoms with Gasteiger partial charge in [0.05, 0.1) is 5.69 Å². The smallest absolute Gasteiger partial charge is 0.270 e. The number of carbonyl (C=O) groups is 2. The lowest BCUT2D eigenvalue weighted by molar-refractivity contribution is -0.122. The van der Waals surface area contributed by atoms with Crippen molar-refractivity contribution in [3.05, 3.63) is 88.2 Å². The molecule has 204 valence electrons. The van der Waals surface area contributed by atoms with Crippen molar-refractivity contribution in [1.82, 2.24) is 9.88 Å². The molecule has 2 amide bonds. The van der Waals surface area contributed by atoms with Crippen LogP contribution < -0.4 is 10.2 Å². The topological polar surface area (TPSA) is 54.3 Å². The largest absolute Gasteiger partial charge is 0.318 e. The van der Waals surface area contributed by atoms with Crippen LogP contribution in [0.5, 0.6) is 0 Å². The standard InChI is InChI=1S/C34H35N3O2S/c1-20-6-4-5-7-30(20)37-32(39)29(31(38)35-33(37)40)16-26-12-21(2)36(22(26)3)28-10-8-27(9-11-28)34-17-23-13-24(18-34)15-25(14-23)19-34/h4-12,16,23-25H,13-15,17-19H2,1-3H3,(H,35,38,40)/b29-16+. The van der Waals surface area contributed by atoms with Gasteiger partial charge in [0.15, 0.2) is 5.11 Å². The minimum Gasteiger partial charge on any atom is -0.318 e. The zero-order valence-corrected chi connectivity index (χ0v) is 24.2. The Labute approximate surface area is 241 Å². The van der Waals surface area contributed by atoms with Crippen LogP contribution in [0.15, 0.2) is 60.2 Å². The van der Waals surface area contributed by atoms with E-state index in [-0.39, 0.29) is 10.7 Å². The third kappa shape index (κ3) is 3.99. The van der Waals surface area contributed by atoms with Crippen molar-refractivity contribution in [1.29, 1.82) is 0 Å². The van der Waals surface area contributed by atoms with Gasteiger partial charge in [0.25, 0.3) is 11.8 Å². The number of amides is 2. The first kappa shape index (κ1) is 25.5. The molecular weight excluding hydrogens is 514 g/mol. The van der Waals surface area contributed by atoms with Gasteiger partial charge in [0, 0.05) is 17.1 Å². The van der Waals surface area contributed by atoms with E-state index in [9.17, 15) is 9.59 Å². The Balaban J connectivity index is 1.20. The van der Waals surface area contributed by atoms with Gasteiger partial charge in [-0.3, -0.25) is 19.8 Å². The Kier molecular flexibility index (Phi) is 5.90. The van der Waals surface area contributed by atoms with Crippen molar-refractivity contribution >= 4 is 40.9 Å². The second-order valence-corrected chi connectivity index (χ2v) is 13.0. The molecule has 40 heavy (non-hydrogen) atoms. The summed E-state index contributed by atoms with van der Waals surface area (Å²) >= 11 is 5.39. The number of nitrogens with one attached hydrogen (secondary N) is 1. The third-order valence-corrected chi connectivity index (χ3v) is 10.3. The number of aromatic nitrogens is 1. The molecule has 2 heterocycles. The molecule has 1 aromatic heterocycles. The molecule has 8 rings (SSSR count). The van der Waals surface area contributed by atoms with Gasteiger partial charge in [-0.25, -0.2) is 0 Å². The summed E-state index contributed by atoms with van der Waals surface area (Å²) in [5.41, 5.74) is 7.55. The lowest BCUT2D eigenvalue weighted by Gasteiger charge is -2.57. The second-order valence-electron chi connectivity index (χ2n) is 12.7. The fourth-order valence-electron chi connectivity index (χ4n) is 8.61. The number of rotatable bonds is 4. The van der Waals surface area contributed by atoms with Crippen LogP contribution in [0.2, 0.25) is 0 Å². The highest BCUT2D eigenvalue weighted by molar-refractivity contribution is 7.80. The first-order valence-electron chi connectivity index (χ1n) is 14.5. The summed E-state index contributed by atoms with van der Waals surface area (Å²) in [5, 5.41) is 2.81. The van der Waals surface area contributed by atoms with Crippen molar-refractivity contribution < 1.29 is 9.59 Å². The van der Waals surface area contributed by atoms with Crippen LogP contribution in [0.1, 0.15) is 66.6 Å². The van der Waals surface area contributed by atoms with E-state index in [1.807, 2.05) is 44.2 Å². The maximum Gasteiger partial charge on any atom is 0.270 e. The number of hydrogen-bond donors (Lipinski definition) is 1. The highest BCUT2D eigenvalue weighted by Crippen LogP contribution is 2.60. The molecule has 5 aliphatic rings. The fourth-order valence-corrected chi connectivity index (χ4v) is 8.88. The van der Waals surface area contributed by atoms with Gasteiger partial charge >= 0.3 is 0 Å². The van der Waals surface area contributed by atoms with Crippen molar-refractivity contribution in [3.63, 3.8) is 0 Å². The molecule has 4 bridgehead atoms. The van der Waals surface area contributed by atoms with E-state index in [4.69, 9.17) is 12.2 Å². The van der Waals surface area contributed by atoms with E-state index < -0.39 is 11.8 Å². The van der Waals surface area contributed by atoms with Gasteiger partial charge in [-0.1, -0.05) is 30.3 Å². The van der Waals surface area contributed by atoms with Gasteiger partial charge in [-0.15, -0.1) is 0 Å². The molecule has 1 aliphatic heterocycles. The Bertz CT molecular complexity index is 1560. The van der Waals surface area contributed by atoms with Crippen molar-refractivity contribution in [2.75, 3.05) is 4.90 Å². The Morgan fingerprint density at radius 1 is 0.900 bits per heavy atom. The summed E-state index contributed by atoms with van der Waals surface area (Å²) in [6.07, 6.45) is 10.1. The lowest BCUT2D eigenvalue weighted by atomic mass is 9.48. The minimum atomic E-state index is -0.468. The predicted octanol–water partition coefficient (Wildman–Crippen LogP) is 6.70. The summed E-state index contributed by atoms with van der Waals surface area (Å²) in [6, 6.07) is 18.8. The number of carbonyl (C=O) groups excluding carboxylic acids is 2. The molecule has 2 aromatic carbocycles. The van der Waals surface area contributed by atoms with Crippen LogP contribution in [-0.2, 0) is 15.0 Å². The van der Waals surface area contributed by atoms with Gasteiger partial charge in [-0.2, -0.15) is 0 Å². The van der Waals surface area contributed by atoms with Crippen molar-refractivity contribution in [2.45, 2.75) is 64.7 Å². The fraction of sp³-hybridized carbons (Fsp3) is 0.382. The maximum absolute atomic E-state index is 13.6. The molecule has 6 heteroatoms. The second kappa shape index (κ2) is 9.27. The summed E-state index contributed by atoms with van der Waals surface area (Å²) in [5.74, 6) is 1.89. The minimum absolute atomic E-state index is 0.0780. The molecule has 1 N–H and O–H groups in total. The molecular formula is C34H35N3O2S. The molecule has 0 atom stereocenters. The number of hydrogen-bond acceptors (Lipinski definition) is 3. The molecule has 4 aliphatic carbocycles. The summed E-state index contributed by atoms with van der Waals surface area (Å²) in [4.78, 5) is 27.9. The SMILES string of the molecule is Cc1ccccc1N1C(=O)/C(=C/c2cc(C)n(-c3ccc(C45CC6CC(CC(C6)C4)C5)cc3)c2C)C(=O)NC1=S. The monoisotopic (exact) mass is 549 g/mol. The Hall–Kier alpha value is -3.51. The van der Waals surface area contributed by atoms with E-state index in [2.05, 4.69) is 41.1 Å². The highest BCUT2D eigenvalue weighted by atomic mass is 32.1. The Morgan fingerprint density at radius 2 is 1.52 bits per heavy atom. The molecule has 1 saturated heterocycles. The van der Waals surface area contributed by atoms with E-state index in [0.717, 1.165) is 46.0 Å². The zero-order chi connectivity index (χ0) is 27.8. The van der Waals surface area contributed by atoms with Crippen LogP contribution in [0.3, 0.4) is 0 Å². The van der Waals surface area contributed by atoms with Crippen LogP contribution in [-0.4, -0.2) is 21.5 Å². The summed E-state index contributed by atoms with van der Waals surface area (Å²) in [6.45, 7) is 6.04. The van der Waals surface area contributed by atoms with Gasteiger partial charge in [0.1, 0.15) is 5.57 Å². The quantitative estimate of drug-likeness (QED) is 0.224. The normalized spacial score (nSPS) is 28.5. The molecule has 0 spiro atoms. The van der Waals surface area contributed by atoms with Crippen LogP contribution >= 0.6 is 12.2 Å². The lowest BCUT2D eigenvalue weighted by Crippen LogP contribution is -2.54. The molecule has 3 aromatic rings. The zero-order valence-electron chi connectivity index (χ0n) is 23.4. The van der Waals surface area contributed by atoms with Gasteiger partial charge in [-0.05, 0) is 142 Å². The van der Waals surface area contributed by atoms with Gasteiger partial charge in [0.2, 0.25) is 0 Å². The third-order valence-electron chi connectivity index (χ3n) is 10.0. The van der Waals surface area contributed by atoms with E-state index >= 15 is 0 Å². The van der Waals surface area contributed by atoms with Crippen molar-refractivity contribution in [3.8, 4) is 5.69 Å². The molecule has 5 nitrogen and oxygen atoms in total. The van der Waals surface area contributed by atoms with Gasteiger partial charge < -0.3 is 4.57 Å². The predicted molar refractivity (Wildman–Crippen MR) is 162 cm³/mol. The van der Waals surface area contributed by atoms with E-state index in [0.29, 0.717) is 11.1 Å². The molecule has 0 radical (unpaired) electrons. The Morgan fingerprint density at radius 3 is 2.15 bits per heavy atom. The van der Waals surface area contributed by atoms with Crippen LogP contribution in [0.4, 0.5) is 5.69 Å². The van der Waals surface area contributed by atoms with E-state index in [1.54, 1.807) is 6.08 Å². The number of aryl methyl sites for hydroxylation is 2. The average Bonchev–Trinajstić information content (AvgIpc) is 3.19. The maximum atomic E-state index is 13.6. The number of thiocarbonyl (C=S) groups is 1. The number of anilines is 1. The molecule has 0 unspecified atom stereocenters. The van der Waals surface area contributed by atoms with Crippen LogP contribution in [0.25, 0.3) is 11.8 Å². The average molecular weight is 550 g/mol. The highest BCUT2D eigenvalue weighted by Gasteiger charge is 2.51. The van der Waals surface area contributed by atoms with E-state index in [1.165, 1.54) is 49.0 Å². The first-order chi connectivity index (χ1) is 19.2. The number of para-hydroxylation sites is 1. The first-order valence-corrected chi connectivity index (χ1v) is 14.9.